The van der Waals surface area contributed by atoms with Gasteiger partial charge in [-0.2, -0.15) is 0 Å². The molecule has 1 N–H and O–H groups in total. The van der Waals surface area contributed by atoms with Crippen molar-refractivity contribution in [3.63, 3.8) is 0 Å². The van der Waals surface area contributed by atoms with Crippen molar-refractivity contribution in [2.75, 3.05) is 19.0 Å². The zero-order valence-electron chi connectivity index (χ0n) is 12.3. The van der Waals surface area contributed by atoms with Crippen LogP contribution in [0.2, 0.25) is 0 Å². The number of rotatable bonds is 5. The average molecular weight is 315 g/mol. The molecule has 3 aromatic heterocycles. The highest BCUT2D eigenvalue weighted by Gasteiger charge is 2.36. The normalized spacial score (nSPS) is 16.6. The van der Waals surface area contributed by atoms with Crippen LogP contribution in [0.25, 0.3) is 16.2 Å². The highest BCUT2D eigenvalue weighted by Crippen LogP contribution is 2.35. The molecule has 0 aliphatic heterocycles. The molecule has 0 aromatic carbocycles. The molecule has 0 saturated heterocycles. The first-order valence-corrected chi connectivity index (χ1v) is 8.15. The van der Waals surface area contributed by atoms with Crippen LogP contribution in [0.3, 0.4) is 0 Å². The van der Waals surface area contributed by atoms with Crippen LogP contribution in [0, 0.1) is 0 Å². The van der Waals surface area contributed by atoms with Gasteiger partial charge in [0.05, 0.1) is 17.5 Å². The number of methoxy groups -OCH3 is 1. The number of pyridine rings is 1. The Bertz CT molecular complexity index is 741. The number of imidazole rings is 1. The van der Waals surface area contributed by atoms with E-state index in [4.69, 9.17) is 4.74 Å². The fraction of sp³-hybridized carbons (Fsp3) is 0.400. The summed E-state index contributed by atoms with van der Waals surface area (Å²) in [6, 6.07) is 3.91. The highest BCUT2D eigenvalue weighted by molar-refractivity contribution is 7.20. The van der Waals surface area contributed by atoms with Crippen molar-refractivity contribution >= 4 is 21.4 Å². The molecule has 1 saturated carbocycles. The molecule has 4 rings (SSSR count). The number of hydrogen-bond acceptors (Lipinski definition) is 6. The van der Waals surface area contributed by atoms with E-state index in [9.17, 15) is 0 Å². The molecule has 3 aromatic rings. The van der Waals surface area contributed by atoms with E-state index in [2.05, 4.69) is 20.4 Å². The lowest BCUT2D eigenvalue weighted by atomic mass is 9.80. The predicted octanol–water partition coefficient (Wildman–Crippen LogP) is 2.83. The average Bonchev–Trinajstić information content (AvgIpc) is 3.06. The monoisotopic (exact) mass is 315 g/mol. The zero-order valence-corrected chi connectivity index (χ0v) is 13.1. The van der Waals surface area contributed by atoms with Crippen molar-refractivity contribution in [3.05, 3.63) is 30.7 Å². The fourth-order valence-electron chi connectivity index (χ4n) is 2.69. The number of fused-ring (bicyclic) bond motifs is 1. The lowest BCUT2D eigenvalue weighted by molar-refractivity contribution is -0.0601. The molecule has 0 atom stereocenters. The van der Waals surface area contributed by atoms with Gasteiger partial charge in [-0.3, -0.25) is 4.98 Å². The van der Waals surface area contributed by atoms with Crippen molar-refractivity contribution in [1.82, 2.24) is 19.6 Å². The molecule has 0 amide bonds. The standard InChI is InChI=1S/C15H17N5OS/c1-21-15(5-3-6-15)10-17-13-19-20-9-12(18-14(20)22-13)11-4-2-7-16-8-11/h2,4,7-9H,3,5-6,10H2,1H3,(H,17,19). The van der Waals surface area contributed by atoms with Gasteiger partial charge in [0.1, 0.15) is 0 Å². The van der Waals surface area contributed by atoms with Crippen molar-refractivity contribution in [1.29, 1.82) is 0 Å². The van der Waals surface area contributed by atoms with Crippen molar-refractivity contribution < 1.29 is 4.74 Å². The van der Waals surface area contributed by atoms with Gasteiger partial charge in [0.15, 0.2) is 0 Å². The van der Waals surface area contributed by atoms with E-state index in [1.54, 1.807) is 24.6 Å². The van der Waals surface area contributed by atoms with Crippen LogP contribution in [0.15, 0.2) is 30.7 Å². The number of nitrogens with one attached hydrogen (secondary N) is 1. The summed E-state index contributed by atoms with van der Waals surface area (Å²) >= 11 is 1.55. The highest BCUT2D eigenvalue weighted by atomic mass is 32.1. The fourth-order valence-corrected chi connectivity index (χ4v) is 3.46. The van der Waals surface area contributed by atoms with Crippen LogP contribution < -0.4 is 5.32 Å². The largest absolute Gasteiger partial charge is 0.376 e. The summed E-state index contributed by atoms with van der Waals surface area (Å²) < 4.78 is 7.43. The second-order valence-corrected chi connectivity index (χ2v) is 6.55. The van der Waals surface area contributed by atoms with E-state index in [-0.39, 0.29) is 5.60 Å². The molecule has 1 fully saturated rings. The molecular formula is C15H17N5OS. The van der Waals surface area contributed by atoms with E-state index >= 15 is 0 Å². The first kappa shape index (κ1) is 13.7. The van der Waals surface area contributed by atoms with E-state index in [1.165, 1.54) is 6.42 Å². The molecule has 1 aliphatic rings. The topological polar surface area (TPSA) is 64.3 Å². The van der Waals surface area contributed by atoms with Crippen molar-refractivity contribution in [2.45, 2.75) is 24.9 Å². The zero-order chi connectivity index (χ0) is 15.0. The lowest BCUT2D eigenvalue weighted by Gasteiger charge is -2.40. The Hall–Kier alpha value is -1.99. The first-order chi connectivity index (χ1) is 10.8. The van der Waals surface area contributed by atoms with Crippen LogP contribution in [-0.4, -0.2) is 38.8 Å². The molecule has 0 bridgehead atoms. The lowest BCUT2D eigenvalue weighted by Crippen LogP contribution is -2.45. The van der Waals surface area contributed by atoms with Gasteiger partial charge >= 0.3 is 0 Å². The van der Waals surface area contributed by atoms with Gasteiger partial charge in [0, 0.05) is 31.6 Å². The summed E-state index contributed by atoms with van der Waals surface area (Å²) in [4.78, 5) is 9.61. The minimum atomic E-state index is -0.00533. The molecule has 7 heteroatoms. The number of ether oxygens (including phenoxy) is 1. The van der Waals surface area contributed by atoms with E-state index in [0.717, 1.165) is 40.7 Å². The maximum atomic E-state index is 5.61. The predicted molar refractivity (Wildman–Crippen MR) is 86.2 cm³/mol. The summed E-state index contributed by atoms with van der Waals surface area (Å²) in [5.41, 5.74) is 1.89. The summed E-state index contributed by atoms with van der Waals surface area (Å²) in [6.07, 6.45) is 8.97. The number of hydrogen-bond donors (Lipinski definition) is 1. The van der Waals surface area contributed by atoms with E-state index in [1.807, 2.05) is 29.0 Å². The van der Waals surface area contributed by atoms with Gasteiger partial charge in [0.2, 0.25) is 10.1 Å². The summed E-state index contributed by atoms with van der Waals surface area (Å²) in [7, 11) is 1.79. The molecular weight excluding hydrogens is 298 g/mol. The van der Waals surface area contributed by atoms with Gasteiger partial charge in [-0.25, -0.2) is 9.50 Å². The Morgan fingerprint density at radius 2 is 2.36 bits per heavy atom. The number of nitrogens with zero attached hydrogens (tertiary/aromatic N) is 4. The molecule has 6 nitrogen and oxygen atoms in total. The number of anilines is 1. The molecule has 0 spiro atoms. The van der Waals surface area contributed by atoms with Crippen molar-refractivity contribution in [2.24, 2.45) is 0 Å². The van der Waals surface area contributed by atoms with Gasteiger partial charge in [-0.15, -0.1) is 5.10 Å². The quantitative estimate of drug-likeness (QED) is 0.784. The van der Waals surface area contributed by atoms with Gasteiger partial charge in [0.25, 0.3) is 0 Å². The van der Waals surface area contributed by atoms with Crippen LogP contribution in [0.1, 0.15) is 19.3 Å². The Labute approximate surface area is 132 Å². The Kier molecular flexibility index (Phi) is 3.31. The smallest absolute Gasteiger partial charge is 0.214 e. The second kappa shape index (κ2) is 5.33. The Morgan fingerprint density at radius 3 is 3.00 bits per heavy atom. The minimum Gasteiger partial charge on any atom is -0.376 e. The van der Waals surface area contributed by atoms with Crippen molar-refractivity contribution in [3.8, 4) is 11.3 Å². The molecule has 0 radical (unpaired) electrons. The van der Waals surface area contributed by atoms with Gasteiger partial charge in [-0.1, -0.05) is 11.3 Å². The number of aromatic nitrogens is 4. The van der Waals surface area contributed by atoms with Crippen LogP contribution in [0.5, 0.6) is 0 Å². The summed E-state index contributed by atoms with van der Waals surface area (Å²) in [6.45, 7) is 0.801. The molecule has 114 valence electrons. The molecule has 22 heavy (non-hydrogen) atoms. The maximum absolute atomic E-state index is 5.61. The maximum Gasteiger partial charge on any atom is 0.214 e. The SMILES string of the molecule is COC1(CNc2nn3cc(-c4cccnc4)nc3s2)CCC1. The van der Waals surface area contributed by atoms with Crippen LogP contribution in [-0.2, 0) is 4.74 Å². The molecule has 3 heterocycles. The van der Waals surface area contributed by atoms with Crippen LogP contribution in [0.4, 0.5) is 5.13 Å². The van der Waals surface area contributed by atoms with Gasteiger partial charge < -0.3 is 10.1 Å². The van der Waals surface area contributed by atoms with Crippen LogP contribution >= 0.6 is 11.3 Å². The third-order valence-corrected chi connectivity index (χ3v) is 5.14. The molecule has 1 aliphatic carbocycles. The Balaban J connectivity index is 1.51. The summed E-state index contributed by atoms with van der Waals surface area (Å²) in [5, 5.41) is 8.80. The van der Waals surface area contributed by atoms with E-state index < -0.39 is 0 Å². The minimum absolute atomic E-state index is 0.00533. The van der Waals surface area contributed by atoms with Gasteiger partial charge in [-0.05, 0) is 31.4 Å². The third kappa shape index (κ3) is 2.36. The third-order valence-electron chi connectivity index (χ3n) is 4.26. The summed E-state index contributed by atoms with van der Waals surface area (Å²) in [5.74, 6) is 0. The van der Waals surface area contributed by atoms with E-state index in [0.29, 0.717) is 0 Å². The molecule has 0 unspecified atom stereocenters. The first-order valence-electron chi connectivity index (χ1n) is 7.34. The second-order valence-electron chi connectivity index (χ2n) is 5.60. The Morgan fingerprint density at radius 1 is 1.45 bits per heavy atom.